The lowest BCUT2D eigenvalue weighted by molar-refractivity contribution is -0.129. The highest BCUT2D eigenvalue weighted by atomic mass is 28.4. The van der Waals surface area contributed by atoms with Crippen molar-refractivity contribution in [3.63, 3.8) is 0 Å². The third kappa shape index (κ3) is 5.60. The molecule has 0 aliphatic heterocycles. The Morgan fingerprint density at radius 2 is 1.75 bits per heavy atom. The summed E-state index contributed by atoms with van der Waals surface area (Å²) in [6.07, 6.45) is -0.547. The molecule has 1 amide bonds. The van der Waals surface area contributed by atoms with Crippen molar-refractivity contribution in [1.82, 2.24) is 5.32 Å². The van der Waals surface area contributed by atoms with Crippen molar-refractivity contribution >= 4 is 14.7 Å². The molecule has 1 unspecified atom stereocenters. The van der Waals surface area contributed by atoms with E-state index in [1.165, 1.54) is 0 Å². The molecular weight excluding hydrogens is 226 g/mol. The number of hydrogen-bond acceptors (Lipinski definition) is 4. The lowest BCUT2D eigenvalue weighted by Gasteiger charge is -2.27. The van der Waals surface area contributed by atoms with Gasteiger partial charge in [-0.1, -0.05) is 0 Å². The van der Waals surface area contributed by atoms with Crippen LogP contribution in [0.25, 0.3) is 0 Å². The molecule has 6 heteroatoms. The van der Waals surface area contributed by atoms with Crippen LogP contribution in [0.2, 0.25) is 6.55 Å². The van der Waals surface area contributed by atoms with Gasteiger partial charge in [0, 0.05) is 26.3 Å². The van der Waals surface area contributed by atoms with E-state index in [0.717, 1.165) is 0 Å². The molecule has 0 spiro atoms. The van der Waals surface area contributed by atoms with Gasteiger partial charge < -0.3 is 18.6 Å². The second-order valence-electron chi connectivity index (χ2n) is 3.38. The first-order valence-electron chi connectivity index (χ1n) is 5.72. The van der Waals surface area contributed by atoms with Gasteiger partial charge in [0.15, 0.2) is 0 Å². The van der Waals surface area contributed by atoms with Crippen molar-refractivity contribution < 1.29 is 18.1 Å². The Hall–Kier alpha value is -0.433. The number of amides is 1. The molecule has 1 atom stereocenters. The van der Waals surface area contributed by atoms with Crippen molar-refractivity contribution in [2.75, 3.05) is 19.8 Å². The molecule has 0 saturated carbocycles. The number of nitrogens with one attached hydrogen (secondary N) is 1. The van der Waals surface area contributed by atoms with Gasteiger partial charge in [-0.15, -0.1) is 0 Å². The molecule has 0 heterocycles. The maximum atomic E-state index is 11.5. The van der Waals surface area contributed by atoms with Crippen LogP contribution in [0, 0.1) is 0 Å². The average Bonchev–Trinajstić information content (AvgIpc) is 2.18. The minimum absolute atomic E-state index is 0.138. The summed E-state index contributed by atoms with van der Waals surface area (Å²) < 4.78 is 16.6. The Kier molecular flexibility index (Phi) is 7.57. The van der Waals surface area contributed by atoms with Crippen molar-refractivity contribution in [3.8, 4) is 0 Å². The second-order valence-corrected chi connectivity index (χ2v) is 5.92. The minimum atomic E-state index is -2.67. The molecule has 0 aromatic rings. The van der Waals surface area contributed by atoms with Crippen LogP contribution in [0.1, 0.15) is 27.7 Å². The fourth-order valence-electron chi connectivity index (χ4n) is 1.33. The molecule has 5 nitrogen and oxygen atoms in total. The van der Waals surface area contributed by atoms with Gasteiger partial charge in [0.25, 0.3) is 0 Å². The largest absolute Gasteiger partial charge is 0.498 e. The van der Waals surface area contributed by atoms with Crippen LogP contribution in [-0.4, -0.2) is 40.6 Å². The predicted octanol–water partition coefficient (Wildman–Crippen LogP) is 1.17. The highest BCUT2D eigenvalue weighted by molar-refractivity contribution is 6.59. The van der Waals surface area contributed by atoms with Crippen molar-refractivity contribution in [1.29, 1.82) is 0 Å². The van der Waals surface area contributed by atoms with Gasteiger partial charge in [-0.05, 0) is 27.7 Å². The number of hydrogen-bond donors (Lipinski definition) is 1. The summed E-state index contributed by atoms with van der Waals surface area (Å²) in [6, 6.07) is 0. The Morgan fingerprint density at radius 3 is 2.12 bits per heavy atom. The normalized spacial score (nSPS) is 13.6. The Balaban J connectivity index is 4.32. The van der Waals surface area contributed by atoms with Crippen molar-refractivity contribution in [2.45, 2.75) is 40.3 Å². The lowest BCUT2D eigenvalue weighted by Crippen LogP contribution is -2.48. The van der Waals surface area contributed by atoms with Crippen LogP contribution in [0.15, 0.2) is 0 Å². The summed E-state index contributed by atoms with van der Waals surface area (Å²) in [6.45, 7) is 10.8. The summed E-state index contributed by atoms with van der Waals surface area (Å²) >= 11 is 0. The quantitative estimate of drug-likeness (QED) is 0.656. The maximum absolute atomic E-state index is 11.5. The SMILES string of the molecule is CCNC(=O)C(C)O[Si](C)(OCC)OCC. The molecule has 0 rings (SSSR count). The first-order chi connectivity index (χ1) is 7.49. The predicted molar refractivity (Wildman–Crippen MR) is 64.1 cm³/mol. The zero-order chi connectivity index (χ0) is 12.6. The van der Waals surface area contributed by atoms with Gasteiger partial charge in [0.2, 0.25) is 5.91 Å². The Morgan fingerprint density at radius 1 is 1.25 bits per heavy atom. The molecule has 0 saturated heterocycles. The van der Waals surface area contributed by atoms with E-state index in [9.17, 15) is 4.79 Å². The fourth-order valence-corrected chi connectivity index (χ4v) is 3.34. The van der Waals surface area contributed by atoms with Crippen molar-refractivity contribution in [3.05, 3.63) is 0 Å². The van der Waals surface area contributed by atoms with E-state index in [-0.39, 0.29) is 5.91 Å². The molecule has 0 radical (unpaired) electrons. The van der Waals surface area contributed by atoms with E-state index in [2.05, 4.69) is 5.32 Å². The van der Waals surface area contributed by atoms with Crippen molar-refractivity contribution in [2.24, 2.45) is 0 Å². The van der Waals surface area contributed by atoms with Gasteiger partial charge in [-0.25, -0.2) is 0 Å². The zero-order valence-corrected chi connectivity index (χ0v) is 11.8. The van der Waals surface area contributed by atoms with Gasteiger partial charge in [0.1, 0.15) is 6.10 Å². The van der Waals surface area contributed by atoms with Crippen LogP contribution in [-0.2, 0) is 18.1 Å². The molecule has 16 heavy (non-hydrogen) atoms. The molecule has 1 N–H and O–H groups in total. The first-order valence-corrected chi connectivity index (χ1v) is 7.95. The van der Waals surface area contributed by atoms with Gasteiger partial charge in [0.05, 0.1) is 0 Å². The molecule has 0 aliphatic rings. The molecule has 0 fully saturated rings. The van der Waals surface area contributed by atoms with E-state index in [1.807, 2.05) is 20.8 Å². The lowest BCUT2D eigenvalue weighted by atomic mass is 10.4. The van der Waals surface area contributed by atoms with Gasteiger partial charge >= 0.3 is 8.80 Å². The fraction of sp³-hybridized carbons (Fsp3) is 0.900. The van der Waals surface area contributed by atoms with E-state index >= 15 is 0 Å². The van der Waals surface area contributed by atoms with Crippen LogP contribution >= 0.6 is 0 Å². The highest BCUT2D eigenvalue weighted by Gasteiger charge is 2.37. The number of carbonyl (C=O) groups excluding carboxylic acids is 1. The van der Waals surface area contributed by atoms with E-state index in [1.54, 1.807) is 13.5 Å². The molecule has 0 aromatic heterocycles. The third-order valence-electron chi connectivity index (χ3n) is 1.92. The molecule has 0 aliphatic carbocycles. The van der Waals surface area contributed by atoms with E-state index in [4.69, 9.17) is 13.3 Å². The monoisotopic (exact) mass is 249 g/mol. The third-order valence-corrected chi connectivity index (χ3v) is 4.33. The van der Waals surface area contributed by atoms with Crippen LogP contribution < -0.4 is 5.32 Å². The highest BCUT2D eigenvalue weighted by Crippen LogP contribution is 2.12. The maximum Gasteiger partial charge on any atom is 0.498 e. The van der Waals surface area contributed by atoms with E-state index < -0.39 is 14.9 Å². The molecule has 96 valence electrons. The molecule has 0 bridgehead atoms. The molecular formula is C10H23NO4Si. The van der Waals surface area contributed by atoms with Crippen LogP contribution in [0.3, 0.4) is 0 Å². The smallest absolute Gasteiger partial charge is 0.374 e. The minimum Gasteiger partial charge on any atom is -0.374 e. The Labute approximate surface area is 98.8 Å². The average molecular weight is 249 g/mol. The number of rotatable bonds is 8. The first kappa shape index (κ1) is 15.6. The van der Waals surface area contributed by atoms with E-state index in [0.29, 0.717) is 19.8 Å². The summed E-state index contributed by atoms with van der Waals surface area (Å²) in [7, 11) is -2.67. The van der Waals surface area contributed by atoms with Gasteiger partial charge in [-0.3, -0.25) is 4.79 Å². The summed E-state index contributed by atoms with van der Waals surface area (Å²) in [4.78, 5) is 11.5. The molecule has 0 aromatic carbocycles. The summed E-state index contributed by atoms with van der Waals surface area (Å²) in [5, 5.41) is 2.70. The van der Waals surface area contributed by atoms with Crippen LogP contribution in [0.4, 0.5) is 0 Å². The van der Waals surface area contributed by atoms with Crippen LogP contribution in [0.5, 0.6) is 0 Å². The number of likely N-dealkylation sites (N-methyl/N-ethyl adjacent to an activating group) is 1. The summed E-state index contributed by atoms with van der Waals surface area (Å²) in [5.41, 5.74) is 0. The zero-order valence-electron chi connectivity index (χ0n) is 10.8. The number of carbonyl (C=O) groups is 1. The second kappa shape index (κ2) is 7.78. The summed E-state index contributed by atoms with van der Waals surface area (Å²) in [5.74, 6) is -0.138. The Bertz CT molecular complexity index is 207. The van der Waals surface area contributed by atoms with Gasteiger partial charge in [-0.2, -0.15) is 0 Å². The topological polar surface area (TPSA) is 56.8 Å². The standard InChI is InChI=1S/C10H23NO4Si/c1-6-11-10(12)9(4)15-16(5,13-7-2)14-8-3/h9H,6-8H2,1-5H3,(H,11,12).